The third kappa shape index (κ3) is 5.08. The number of aryl methyl sites for hydroxylation is 2. The number of phenols is 1. The predicted molar refractivity (Wildman–Crippen MR) is 127 cm³/mol. The van der Waals surface area contributed by atoms with E-state index in [0.29, 0.717) is 12.2 Å². The molecule has 3 rings (SSSR count). The Bertz CT molecular complexity index is 917. The predicted octanol–water partition coefficient (Wildman–Crippen LogP) is 7.09. The van der Waals surface area contributed by atoms with Crippen LogP contribution in [0.15, 0.2) is 30.3 Å². The van der Waals surface area contributed by atoms with E-state index in [-0.39, 0.29) is 11.7 Å². The largest absolute Gasteiger partial charge is 0.507 e. The summed E-state index contributed by atoms with van der Waals surface area (Å²) in [6.45, 7) is 8.25. The van der Waals surface area contributed by atoms with Crippen LogP contribution in [-0.2, 0) is 16.8 Å². The zero-order valence-corrected chi connectivity index (χ0v) is 20.1. The molecular formula is C26H33BrO3. The lowest BCUT2D eigenvalue weighted by Crippen LogP contribution is -2.29. The lowest BCUT2D eigenvalue weighted by Gasteiger charge is -2.35. The van der Waals surface area contributed by atoms with Crippen molar-refractivity contribution in [3.63, 3.8) is 0 Å². The van der Waals surface area contributed by atoms with Gasteiger partial charge in [-0.3, -0.25) is 4.79 Å². The van der Waals surface area contributed by atoms with Crippen LogP contribution >= 0.6 is 15.9 Å². The van der Waals surface area contributed by atoms with Crippen LogP contribution in [-0.4, -0.2) is 16.2 Å². The molecule has 1 aliphatic heterocycles. The Morgan fingerprint density at radius 1 is 1.17 bits per heavy atom. The molecule has 3 nitrogen and oxygen atoms in total. The van der Waals surface area contributed by atoms with E-state index in [4.69, 9.17) is 4.74 Å². The molecule has 2 aromatic rings. The van der Waals surface area contributed by atoms with Crippen molar-refractivity contribution < 1.29 is 14.6 Å². The van der Waals surface area contributed by atoms with Crippen LogP contribution in [0.25, 0.3) is 11.1 Å². The third-order valence-electron chi connectivity index (χ3n) is 6.06. The number of Topliss-reactive ketones (excluding diaryl/α,β-unsaturated/α-hetero) is 1. The molecule has 1 heterocycles. The number of unbranched alkanes of at least 4 members (excludes halogenated alkanes) is 1. The number of carbonyl (C=O) groups excluding carboxylic acids is 1. The normalized spacial score (nSPS) is 15.1. The number of carbonyl (C=O) groups is 1. The third-order valence-corrected chi connectivity index (χ3v) is 6.62. The summed E-state index contributed by atoms with van der Waals surface area (Å²) in [6.07, 6.45) is 5.37. The van der Waals surface area contributed by atoms with Crippen molar-refractivity contribution >= 4 is 21.7 Å². The van der Waals surface area contributed by atoms with Gasteiger partial charge in [0.25, 0.3) is 0 Å². The molecule has 4 heteroatoms. The van der Waals surface area contributed by atoms with Gasteiger partial charge in [-0.1, -0.05) is 53.0 Å². The Morgan fingerprint density at radius 2 is 1.93 bits per heavy atom. The lowest BCUT2D eigenvalue weighted by atomic mass is 9.84. The average Bonchev–Trinajstić information content (AvgIpc) is 2.68. The molecule has 30 heavy (non-hydrogen) atoms. The van der Waals surface area contributed by atoms with Crippen LogP contribution in [0, 0.1) is 12.8 Å². The Hall–Kier alpha value is -1.81. The SMILES string of the molecule is Cc1ccc2c(c1)-c1c(O)cc(CCCCC(C)C(=O)CCCBr)cc1OC2(C)C. The number of hydrogen-bond donors (Lipinski definition) is 1. The molecule has 1 N–H and O–H groups in total. The highest BCUT2D eigenvalue weighted by Crippen LogP contribution is 2.49. The van der Waals surface area contributed by atoms with E-state index in [1.54, 1.807) is 0 Å². The number of benzene rings is 2. The van der Waals surface area contributed by atoms with Crippen molar-refractivity contribution in [2.45, 2.75) is 71.8 Å². The van der Waals surface area contributed by atoms with Gasteiger partial charge in [0.15, 0.2) is 0 Å². The van der Waals surface area contributed by atoms with Crippen molar-refractivity contribution in [1.82, 2.24) is 0 Å². The monoisotopic (exact) mass is 472 g/mol. The first kappa shape index (κ1) is 22.9. The molecular weight excluding hydrogens is 440 g/mol. The standard InChI is InChI=1S/C26H33BrO3/c1-17-11-12-21-20(14-17)25-23(29)15-19(16-24(25)30-26(21,3)4)9-6-5-8-18(2)22(28)10-7-13-27/h11-12,14-16,18,29H,5-10,13H2,1-4H3. The fourth-order valence-corrected chi connectivity index (χ4v) is 4.58. The minimum absolute atomic E-state index is 0.129. The van der Waals surface area contributed by atoms with Crippen molar-refractivity contribution in [3.8, 4) is 22.6 Å². The molecule has 1 aliphatic rings. The van der Waals surface area contributed by atoms with Crippen LogP contribution < -0.4 is 4.74 Å². The van der Waals surface area contributed by atoms with Crippen LogP contribution in [0.2, 0.25) is 0 Å². The van der Waals surface area contributed by atoms with Crippen LogP contribution in [0.1, 0.15) is 69.6 Å². The summed E-state index contributed by atoms with van der Waals surface area (Å²) in [4.78, 5) is 12.1. The zero-order valence-electron chi connectivity index (χ0n) is 18.6. The fourth-order valence-electron chi connectivity index (χ4n) is 4.30. The van der Waals surface area contributed by atoms with Crippen LogP contribution in [0.4, 0.5) is 0 Å². The smallest absolute Gasteiger partial charge is 0.135 e. The molecule has 0 amide bonds. The first-order valence-electron chi connectivity index (χ1n) is 11.0. The van der Waals surface area contributed by atoms with E-state index in [0.717, 1.165) is 65.4 Å². The minimum Gasteiger partial charge on any atom is -0.507 e. The maximum absolute atomic E-state index is 12.1. The lowest BCUT2D eigenvalue weighted by molar-refractivity contribution is -0.122. The van der Waals surface area contributed by atoms with E-state index in [9.17, 15) is 9.90 Å². The Balaban J connectivity index is 1.69. The Kier molecular flexibility index (Phi) is 7.28. The zero-order chi connectivity index (χ0) is 21.9. The molecule has 162 valence electrons. The number of alkyl halides is 1. The summed E-state index contributed by atoms with van der Waals surface area (Å²) in [5, 5.41) is 11.7. The number of halogens is 1. The van der Waals surface area contributed by atoms with Crippen molar-refractivity contribution in [2.24, 2.45) is 5.92 Å². The number of ketones is 1. The van der Waals surface area contributed by atoms with Gasteiger partial charge in [0.2, 0.25) is 0 Å². The topological polar surface area (TPSA) is 46.5 Å². The summed E-state index contributed by atoms with van der Waals surface area (Å²) in [6, 6.07) is 10.3. The number of rotatable bonds is 9. The molecule has 0 radical (unpaired) electrons. The summed E-state index contributed by atoms with van der Waals surface area (Å²) in [5.74, 6) is 1.53. The van der Waals surface area contributed by atoms with E-state index >= 15 is 0 Å². The van der Waals surface area contributed by atoms with Gasteiger partial charge in [-0.25, -0.2) is 0 Å². The Labute approximate surface area is 189 Å². The number of fused-ring (bicyclic) bond motifs is 3. The summed E-state index contributed by atoms with van der Waals surface area (Å²) in [7, 11) is 0. The first-order valence-corrected chi connectivity index (χ1v) is 12.1. The van der Waals surface area contributed by atoms with E-state index in [1.807, 2.05) is 13.0 Å². The molecule has 1 unspecified atom stereocenters. The van der Waals surface area contributed by atoms with Crippen molar-refractivity contribution in [3.05, 3.63) is 47.0 Å². The summed E-state index contributed by atoms with van der Waals surface area (Å²) in [5.41, 5.74) is 4.76. The minimum atomic E-state index is -0.438. The van der Waals surface area contributed by atoms with Gasteiger partial charge in [-0.15, -0.1) is 0 Å². The van der Waals surface area contributed by atoms with Crippen molar-refractivity contribution in [2.75, 3.05) is 5.33 Å². The molecule has 1 atom stereocenters. The van der Waals surface area contributed by atoms with E-state index < -0.39 is 5.60 Å². The van der Waals surface area contributed by atoms with Gasteiger partial charge in [-0.2, -0.15) is 0 Å². The second-order valence-corrected chi connectivity index (χ2v) is 9.85. The molecule has 0 spiro atoms. The molecule has 0 saturated carbocycles. The van der Waals surface area contributed by atoms with Gasteiger partial charge < -0.3 is 9.84 Å². The van der Waals surface area contributed by atoms with Gasteiger partial charge in [0.05, 0.1) is 5.56 Å². The molecule has 0 aromatic heterocycles. The van der Waals surface area contributed by atoms with Crippen LogP contribution in [0.3, 0.4) is 0 Å². The maximum Gasteiger partial charge on any atom is 0.135 e. The van der Waals surface area contributed by atoms with E-state index in [2.05, 4.69) is 61.0 Å². The molecule has 0 fully saturated rings. The molecule has 0 aliphatic carbocycles. The second kappa shape index (κ2) is 9.55. The first-order chi connectivity index (χ1) is 14.2. The number of phenolic OH excluding ortho intramolecular Hbond substituents is 1. The summed E-state index contributed by atoms with van der Waals surface area (Å²) >= 11 is 3.39. The maximum atomic E-state index is 12.1. The molecule has 2 aromatic carbocycles. The molecule has 0 saturated heterocycles. The highest BCUT2D eigenvalue weighted by Gasteiger charge is 2.34. The van der Waals surface area contributed by atoms with Gasteiger partial charge >= 0.3 is 0 Å². The average molecular weight is 473 g/mol. The second-order valence-electron chi connectivity index (χ2n) is 9.06. The van der Waals surface area contributed by atoms with Gasteiger partial charge in [0, 0.05) is 23.2 Å². The quantitative estimate of drug-likeness (QED) is 0.313. The van der Waals surface area contributed by atoms with Crippen molar-refractivity contribution in [1.29, 1.82) is 0 Å². The van der Waals surface area contributed by atoms with Crippen LogP contribution in [0.5, 0.6) is 11.5 Å². The number of ether oxygens (including phenoxy) is 1. The van der Waals surface area contributed by atoms with E-state index in [1.165, 1.54) is 5.56 Å². The summed E-state index contributed by atoms with van der Waals surface area (Å²) < 4.78 is 6.31. The number of aromatic hydroxyl groups is 1. The van der Waals surface area contributed by atoms with Gasteiger partial charge in [0.1, 0.15) is 22.9 Å². The van der Waals surface area contributed by atoms with Gasteiger partial charge in [-0.05, 0) is 69.7 Å². The number of hydrogen-bond acceptors (Lipinski definition) is 3. The Morgan fingerprint density at radius 3 is 2.67 bits per heavy atom. The molecule has 0 bridgehead atoms. The fraction of sp³-hybridized carbons (Fsp3) is 0.500. The highest BCUT2D eigenvalue weighted by molar-refractivity contribution is 9.09. The highest BCUT2D eigenvalue weighted by atomic mass is 79.9.